The lowest BCUT2D eigenvalue weighted by molar-refractivity contribution is 0.754. The molecule has 298 valence electrons. The van der Waals surface area contributed by atoms with Gasteiger partial charge in [0.15, 0.2) is 11.6 Å². The SMILES string of the molecule is c1ccc(-c2cc(-c3cnc4ccccc4c3)nc(-c3ccc4c(c3)C3c5ccccc5[C@H]4c4cc(-c5nc(-c6ccccc6)cc(-c6cnc7ccccc7c6)n5)ccc43)n2)cc1. The number of hydrogen-bond donors (Lipinski definition) is 0. The summed E-state index contributed by atoms with van der Waals surface area (Å²) in [5, 5.41) is 2.15. The summed E-state index contributed by atoms with van der Waals surface area (Å²) in [5.41, 5.74) is 19.1. The van der Waals surface area contributed by atoms with E-state index in [0.717, 1.165) is 78.0 Å². The number of pyridine rings is 2. The molecular weight excluding hydrogens is 781 g/mol. The highest BCUT2D eigenvalue weighted by atomic mass is 14.9. The van der Waals surface area contributed by atoms with E-state index in [9.17, 15) is 0 Å². The fraction of sp³-hybridized carbons (Fsp3) is 0.0345. The molecule has 0 aliphatic heterocycles. The first-order valence-electron chi connectivity index (χ1n) is 21.7. The summed E-state index contributed by atoms with van der Waals surface area (Å²) in [7, 11) is 0. The van der Waals surface area contributed by atoms with Crippen LogP contribution in [-0.2, 0) is 0 Å². The molecule has 6 nitrogen and oxygen atoms in total. The van der Waals surface area contributed by atoms with E-state index in [-0.39, 0.29) is 11.8 Å². The lowest BCUT2D eigenvalue weighted by Gasteiger charge is -2.42. The summed E-state index contributed by atoms with van der Waals surface area (Å²) in [4.78, 5) is 30.5. The summed E-state index contributed by atoms with van der Waals surface area (Å²) < 4.78 is 0. The highest BCUT2D eigenvalue weighted by molar-refractivity contribution is 5.85. The minimum atomic E-state index is 0.0393. The van der Waals surface area contributed by atoms with Gasteiger partial charge in [-0.2, -0.15) is 0 Å². The first-order valence-corrected chi connectivity index (χ1v) is 21.7. The Hall–Kier alpha value is -8.48. The smallest absolute Gasteiger partial charge is 0.160 e. The van der Waals surface area contributed by atoms with Crippen LogP contribution < -0.4 is 0 Å². The van der Waals surface area contributed by atoms with Crippen molar-refractivity contribution in [1.82, 2.24) is 29.9 Å². The molecule has 0 amide bonds. The molecule has 4 aromatic heterocycles. The minimum Gasteiger partial charge on any atom is -0.256 e. The van der Waals surface area contributed by atoms with Crippen LogP contribution in [0, 0.1) is 0 Å². The maximum atomic E-state index is 5.25. The van der Waals surface area contributed by atoms with Crippen LogP contribution in [0.3, 0.4) is 0 Å². The van der Waals surface area contributed by atoms with Crippen LogP contribution in [0.15, 0.2) is 207 Å². The number of fused-ring (bicyclic) bond motifs is 2. The topological polar surface area (TPSA) is 77.3 Å². The number of aromatic nitrogens is 6. The van der Waals surface area contributed by atoms with E-state index in [1.54, 1.807) is 0 Å². The van der Waals surface area contributed by atoms with E-state index < -0.39 is 0 Å². The van der Waals surface area contributed by atoms with E-state index >= 15 is 0 Å². The number of benzene rings is 7. The van der Waals surface area contributed by atoms with Crippen molar-refractivity contribution in [1.29, 1.82) is 0 Å². The summed E-state index contributed by atoms with van der Waals surface area (Å²) in [6.45, 7) is 0. The fourth-order valence-corrected chi connectivity index (χ4v) is 9.88. The standard InChI is InChI=1S/C58H36N6/c1-3-13-35(14-4-1)51-31-53(41-27-37-17-7-11-21-49(37)59-33-41)63-57(61-51)39-23-25-45-47(29-39)55-43-19-9-10-20-44(43)56(45)48-30-40(24-26-46(48)55)58-62-52(36-15-5-2-6-16-36)32-54(64-58)42-28-38-18-8-12-22-50(38)60-34-42/h1-34,55-56H/t55-,56?/m1/s1. The van der Waals surface area contributed by atoms with Gasteiger partial charge in [-0.15, -0.1) is 0 Å². The fourth-order valence-electron chi connectivity index (χ4n) is 9.88. The Bertz CT molecular complexity index is 3400. The lowest BCUT2D eigenvalue weighted by Crippen LogP contribution is -2.27. The Balaban J connectivity index is 0.938. The average Bonchev–Trinajstić information content (AvgIpc) is 3.38. The zero-order valence-corrected chi connectivity index (χ0v) is 34.5. The highest BCUT2D eigenvalue weighted by Crippen LogP contribution is 2.56. The van der Waals surface area contributed by atoms with Crippen LogP contribution in [0.1, 0.15) is 45.2 Å². The van der Waals surface area contributed by atoms with Gasteiger partial charge in [-0.3, -0.25) is 9.97 Å². The molecule has 1 unspecified atom stereocenters. The van der Waals surface area contributed by atoms with Crippen molar-refractivity contribution in [3.63, 3.8) is 0 Å². The van der Waals surface area contributed by atoms with Gasteiger partial charge in [-0.05, 0) is 81.9 Å². The lowest BCUT2D eigenvalue weighted by atomic mass is 9.61. The van der Waals surface area contributed by atoms with Gasteiger partial charge in [0.05, 0.1) is 33.8 Å². The maximum absolute atomic E-state index is 5.25. The van der Waals surface area contributed by atoms with Crippen molar-refractivity contribution in [2.45, 2.75) is 11.8 Å². The first-order chi connectivity index (χ1) is 31.7. The summed E-state index contributed by atoms with van der Waals surface area (Å²) in [5.74, 6) is 1.45. The molecule has 2 bridgehead atoms. The molecule has 7 aromatic carbocycles. The third kappa shape index (κ3) is 6.03. The third-order valence-corrected chi connectivity index (χ3v) is 12.9. The summed E-state index contributed by atoms with van der Waals surface area (Å²) in [6.07, 6.45) is 3.84. The molecular formula is C58H36N6. The van der Waals surface area contributed by atoms with E-state index in [4.69, 9.17) is 29.9 Å². The Morgan fingerprint density at radius 1 is 0.266 bits per heavy atom. The van der Waals surface area contributed by atoms with Gasteiger partial charge in [0, 0.05) is 68.4 Å². The summed E-state index contributed by atoms with van der Waals surface area (Å²) >= 11 is 0. The molecule has 0 fully saturated rings. The second-order valence-corrected chi connectivity index (χ2v) is 16.7. The number of hydrogen-bond acceptors (Lipinski definition) is 6. The maximum Gasteiger partial charge on any atom is 0.160 e. The van der Waals surface area contributed by atoms with Crippen molar-refractivity contribution in [2.75, 3.05) is 0 Å². The zero-order chi connectivity index (χ0) is 42.1. The zero-order valence-electron chi connectivity index (χ0n) is 34.5. The predicted octanol–water partition coefficient (Wildman–Crippen LogP) is 13.4. The van der Waals surface area contributed by atoms with Gasteiger partial charge in [0.1, 0.15) is 0 Å². The van der Waals surface area contributed by atoms with Gasteiger partial charge < -0.3 is 0 Å². The first kappa shape index (κ1) is 36.2. The van der Waals surface area contributed by atoms with Gasteiger partial charge in [0.2, 0.25) is 0 Å². The summed E-state index contributed by atoms with van der Waals surface area (Å²) in [6, 6.07) is 68.2. The van der Waals surface area contributed by atoms with Crippen molar-refractivity contribution < 1.29 is 0 Å². The molecule has 2 atom stereocenters. The Kier molecular flexibility index (Phi) is 8.24. The molecule has 6 heteroatoms. The van der Waals surface area contributed by atoms with Crippen LogP contribution in [0.5, 0.6) is 0 Å². The predicted molar refractivity (Wildman–Crippen MR) is 256 cm³/mol. The van der Waals surface area contributed by atoms with Crippen molar-refractivity contribution in [2.24, 2.45) is 0 Å². The Morgan fingerprint density at radius 3 is 1.09 bits per heavy atom. The molecule has 4 heterocycles. The van der Waals surface area contributed by atoms with Crippen molar-refractivity contribution in [3.05, 3.63) is 240 Å². The van der Waals surface area contributed by atoms with E-state index in [2.05, 4.69) is 146 Å². The van der Waals surface area contributed by atoms with Crippen LogP contribution in [0.25, 0.3) is 89.6 Å². The average molecular weight is 817 g/mol. The molecule has 0 saturated heterocycles. The van der Waals surface area contributed by atoms with E-state index in [1.165, 1.54) is 33.4 Å². The molecule has 0 radical (unpaired) electrons. The van der Waals surface area contributed by atoms with Crippen molar-refractivity contribution >= 4 is 21.8 Å². The molecule has 14 rings (SSSR count). The second-order valence-electron chi connectivity index (χ2n) is 16.7. The van der Waals surface area contributed by atoms with E-state index in [1.807, 2.05) is 60.9 Å². The molecule has 11 aromatic rings. The van der Waals surface area contributed by atoms with E-state index in [0.29, 0.717) is 11.6 Å². The van der Waals surface area contributed by atoms with Gasteiger partial charge in [-0.1, -0.05) is 146 Å². The Morgan fingerprint density at radius 2 is 0.641 bits per heavy atom. The molecule has 3 aliphatic carbocycles. The van der Waals surface area contributed by atoms with Crippen LogP contribution in [-0.4, -0.2) is 29.9 Å². The van der Waals surface area contributed by atoms with Gasteiger partial charge >= 0.3 is 0 Å². The largest absolute Gasteiger partial charge is 0.256 e. The molecule has 0 spiro atoms. The number of para-hydroxylation sites is 2. The molecule has 3 aliphatic rings. The second kappa shape index (κ2) is 14.6. The third-order valence-electron chi connectivity index (χ3n) is 12.9. The quantitative estimate of drug-likeness (QED) is 0.166. The monoisotopic (exact) mass is 816 g/mol. The Labute approximate surface area is 369 Å². The molecule has 0 saturated carbocycles. The highest BCUT2D eigenvalue weighted by Gasteiger charge is 2.41. The molecule has 0 N–H and O–H groups in total. The van der Waals surface area contributed by atoms with Crippen LogP contribution in [0.2, 0.25) is 0 Å². The van der Waals surface area contributed by atoms with Gasteiger partial charge in [-0.25, -0.2) is 19.9 Å². The van der Waals surface area contributed by atoms with Crippen LogP contribution in [0.4, 0.5) is 0 Å². The van der Waals surface area contributed by atoms with Crippen molar-refractivity contribution in [3.8, 4) is 67.8 Å². The van der Waals surface area contributed by atoms with Crippen LogP contribution >= 0.6 is 0 Å². The number of nitrogens with zero attached hydrogens (tertiary/aromatic N) is 6. The van der Waals surface area contributed by atoms with Gasteiger partial charge in [0.25, 0.3) is 0 Å². The normalized spacial score (nSPS) is 14.6. The minimum absolute atomic E-state index is 0.0393. The number of rotatable bonds is 6. The molecule has 64 heavy (non-hydrogen) atoms.